The lowest BCUT2D eigenvalue weighted by Gasteiger charge is -2.21. The second-order valence-corrected chi connectivity index (χ2v) is 30.7. The van der Waals surface area contributed by atoms with E-state index in [1.807, 2.05) is 0 Å². The van der Waals surface area contributed by atoms with Crippen molar-refractivity contribution in [2.45, 2.75) is 431 Å². The molecular weight excluding hydrogens is 1260 g/mol. The summed E-state index contributed by atoms with van der Waals surface area (Å²) in [5, 5.41) is 10.6. The minimum Gasteiger partial charge on any atom is -0.462 e. The largest absolute Gasteiger partial charge is 0.472 e. The van der Waals surface area contributed by atoms with Crippen LogP contribution in [0, 0.1) is 0 Å². The van der Waals surface area contributed by atoms with Crippen LogP contribution in [0.5, 0.6) is 0 Å². The maximum Gasteiger partial charge on any atom is 0.472 e. The Balaban J connectivity index is 5.23. The molecule has 0 aromatic heterocycles. The van der Waals surface area contributed by atoms with E-state index in [2.05, 4.69) is 27.7 Å². The summed E-state index contributed by atoms with van der Waals surface area (Å²) in [6.07, 6.45) is 62.2. The van der Waals surface area contributed by atoms with Gasteiger partial charge in [-0.25, -0.2) is 9.13 Å². The zero-order valence-electron chi connectivity index (χ0n) is 62.4. The Kier molecular flexibility index (Phi) is 70.0. The Morgan fingerprint density at radius 2 is 0.417 bits per heavy atom. The summed E-state index contributed by atoms with van der Waals surface area (Å²) in [4.78, 5) is 72.8. The Bertz CT molecular complexity index is 1830. The van der Waals surface area contributed by atoms with E-state index in [4.69, 9.17) is 37.0 Å². The highest BCUT2D eigenvalue weighted by Crippen LogP contribution is 2.45. The van der Waals surface area contributed by atoms with Crippen molar-refractivity contribution in [1.29, 1.82) is 0 Å². The first-order chi connectivity index (χ1) is 46.7. The van der Waals surface area contributed by atoms with Gasteiger partial charge >= 0.3 is 39.5 Å². The van der Waals surface area contributed by atoms with E-state index in [1.165, 1.54) is 244 Å². The van der Waals surface area contributed by atoms with Crippen LogP contribution in [0.2, 0.25) is 0 Å². The van der Waals surface area contributed by atoms with Crippen LogP contribution in [0.25, 0.3) is 0 Å². The SMILES string of the molecule is CCCCCCCCCCCCCCCCCCCCC(=O)O[C@H](COC(=O)CCCCCCCCCCCCCCCC)COP(=O)(O)OC[C@@H](O)COP(=O)(O)OC[C@@H](COC(=O)CCCCCCCCCCCC)OC(=O)CCCCCCCCCCCCCCCC. The van der Waals surface area contributed by atoms with Crippen molar-refractivity contribution < 1.29 is 80.2 Å². The van der Waals surface area contributed by atoms with Gasteiger partial charge in [-0.05, 0) is 25.7 Å². The van der Waals surface area contributed by atoms with Gasteiger partial charge < -0.3 is 33.8 Å². The zero-order chi connectivity index (χ0) is 70.4. The highest BCUT2D eigenvalue weighted by molar-refractivity contribution is 7.47. The van der Waals surface area contributed by atoms with Crippen LogP contribution in [-0.4, -0.2) is 96.7 Å². The number of esters is 4. The third kappa shape index (κ3) is 70.5. The number of aliphatic hydroxyl groups excluding tert-OH is 1. The van der Waals surface area contributed by atoms with Crippen molar-refractivity contribution >= 4 is 39.5 Å². The van der Waals surface area contributed by atoms with Gasteiger partial charge in [0, 0.05) is 25.7 Å². The number of hydrogen-bond donors (Lipinski definition) is 3. The molecule has 0 aliphatic heterocycles. The number of ether oxygens (including phenoxy) is 4. The van der Waals surface area contributed by atoms with Gasteiger partial charge in [0.15, 0.2) is 12.2 Å². The van der Waals surface area contributed by atoms with Gasteiger partial charge in [0.2, 0.25) is 0 Å². The molecule has 17 nitrogen and oxygen atoms in total. The average Bonchev–Trinajstić information content (AvgIpc) is 1.10. The van der Waals surface area contributed by atoms with Gasteiger partial charge in [-0.1, -0.05) is 362 Å². The Morgan fingerprint density at radius 1 is 0.250 bits per heavy atom. The second-order valence-electron chi connectivity index (χ2n) is 27.7. The number of phosphoric acid groups is 2. The predicted molar refractivity (Wildman–Crippen MR) is 391 cm³/mol. The number of carbonyl (C=O) groups is 4. The molecule has 3 N–H and O–H groups in total. The first kappa shape index (κ1) is 94.1. The van der Waals surface area contributed by atoms with Crippen LogP contribution in [0.3, 0.4) is 0 Å². The molecule has 0 saturated carbocycles. The third-order valence-corrected chi connectivity index (χ3v) is 20.0. The molecule has 0 amide bonds. The average molecular weight is 1410 g/mol. The summed E-state index contributed by atoms with van der Waals surface area (Å²) < 4.78 is 68.6. The fourth-order valence-electron chi connectivity index (χ4n) is 11.9. The third-order valence-electron chi connectivity index (χ3n) is 18.1. The van der Waals surface area contributed by atoms with Crippen LogP contribution in [0.15, 0.2) is 0 Å². The summed E-state index contributed by atoms with van der Waals surface area (Å²) in [6.45, 7) is 5.00. The first-order valence-corrected chi connectivity index (χ1v) is 43.3. The number of rotatable bonds is 78. The van der Waals surface area contributed by atoms with E-state index in [1.54, 1.807) is 0 Å². The maximum atomic E-state index is 13.1. The Hall–Kier alpha value is -1.94. The van der Waals surface area contributed by atoms with Crippen molar-refractivity contribution in [2.24, 2.45) is 0 Å². The molecule has 0 spiro atoms. The summed E-state index contributed by atoms with van der Waals surface area (Å²) in [6, 6.07) is 0. The zero-order valence-corrected chi connectivity index (χ0v) is 64.1. The topological polar surface area (TPSA) is 237 Å². The van der Waals surface area contributed by atoms with Gasteiger partial charge in [-0.3, -0.25) is 37.3 Å². The molecule has 0 aromatic carbocycles. The quantitative estimate of drug-likeness (QED) is 0.0222. The van der Waals surface area contributed by atoms with Gasteiger partial charge in [0.25, 0.3) is 0 Å². The van der Waals surface area contributed by atoms with E-state index in [0.717, 1.165) is 89.9 Å². The van der Waals surface area contributed by atoms with Crippen LogP contribution in [0.4, 0.5) is 0 Å². The molecule has 0 fully saturated rings. The fraction of sp³-hybridized carbons (Fsp3) is 0.948. The summed E-state index contributed by atoms with van der Waals surface area (Å²) in [7, 11) is -9.91. The van der Waals surface area contributed by atoms with Crippen LogP contribution < -0.4 is 0 Å². The number of aliphatic hydroxyl groups is 1. The molecule has 0 radical (unpaired) electrons. The van der Waals surface area contributed by atoms with E-state index >= 15 is 0 Å². The highest BCUT2D eigenvalue weighted by atomic mass is 31.2. The van der Waals surface area contributed by atoms with E-state index in [0.29, 0.717) is 25.7 Å². The molecule has 0 bridgehead atoms. The number of carbonyl (C=O) groups excluding carboxylic acids is 4. The molecule has 0 saturated heterocycles. The van der Waals surface area contributed by atoms with Crippen molar-refractivity contribution in [3.05, 3.63) is 0 Å². The summed E-state index contributed by atoms with van der Waals surface area (Å²) >= 11 is 0. The molecule has 19 heteroatoms. The number of unbranched alkanes of at least 4 members (excludes halogenated alkanes) is 52. The monoisotopic (exact) mass is 1410 g/mol. The lowest BCUT2D eigenvalue weighted by molar-refractivity contribution is -0.161. The van der Waals surface area contributed by atoms with Crippen molar-refractivity contribution in [3.63, 3.8) is 0 Å². The molecule has 0 rings (SSSR count). The summed E-state index contributed by atoms with van der Waals surface area (Å²) in [5.74, 6) is -2.11. The minimum atomic E-state index is -4.96. The fourth-order valence-corrected chi connectivity index (χ4v) is 13.5. The molecule has 2 unspecified atom stereocenters. The van der Waals surface area contributed by atoms with E-state index in [-0.39, 0.29) is 25.7 Å². The van der Waals surface area contributed by atoms with E-state index < -0.39 is 97.5 Å². The first-order valence-electron chi connectivity index (χ1n) is 40.3. The van der Waals surface area contributed by atoms with Crippen LogP contribution in [-0.2, 0) is 65.4 Å². The van der Waals surface area contributed by atoms with E-state index in [9.17, 15) is 43.2 Å². The Labute approximate surface area is 588 Å². The van der Waals surface area contributed by atoms with Crippen molar-refractivity contribution in [3.8, 4) is 0 Å². The highest BCUT2D eigenvalue weighted by Gasteiger charge is 2.30. The van der Waals surface area contributed by atoms with Gasteiger partial charge in [-0.2, -0.15) is 0 Å². The van der Waals surface area contributed by atoms with Crippen molar-refractivity contribution in [2.75, 3.05) is 39.6 Å². The lowest BCUT2D eigenvalue weighted by Crippen LogP contribution is -2.30. The smallest absolute Gasteiger partial charge is 0.462 e. The molecule has 0 aromatic rings. The minimum absolute atomic E-state index is 0.109. The second kappa shape index (κ2) is 71.5. The molecule has 0 aliphatic rings. The Morgan fingerprint density at radius 3 is 0.615 bits per heavy atom. The molecule has 5 atom stereocenters. The summed E-state index contributed by atoms with van der Waals surface area (Å²) in [5.41, 5.74) is 0. The van der Waals surface area contributed by atoms with Crippen LogP contribution >= 0.6 is 15.6 Å². The molecule has 96 heavy (non-hydrogen) atoms. The lowest BCUT2D eigenvalue weighted by atomic mass is 10.0. The predicted octanol–water partition coefficient (Wildman–Crippen LogP) is 23.0. The molecule has 0 heterocycles. The molecular formula is C77H150O17P2. The van der Waals surface area contributed by atoms with Gasteiger partial charge in [0.1, 0.15) is 19.3 Å². The number of phosphoric ester groups is 2. The maximum absolute atomic E-state index is 13.1. The standard InChI is InChI=1S/C77H150O17P2/c1-5-9-13-17-21-25-29-32-35-36-37-38-41-44-48-52-56-60-64-77(82)94-73(68-88-75(80)62-58-54-50-46-42-39-33-30-26-22-18-14-10-6-2)70-92-96(85,86)90-66-71(78)65-89-95(83,84)91-69-72(67-87-74(79)61-57-53-49-45-28-24-20-16-12-8-4)93-76(81)63-59-55-51-47-43-40-34-31-27-23-19-15-11-7-3/h71-73,78H,5-70H2,1-4H3,(H,83,84)(H,85,86)/t71-,72+,73+/m0/s1. The van der Waals surface area contributed by atoms with Crippen LogP contribution in [0.1, 0.15) is 413 Å². The molecule has 0 aliphatic carbocycles. The van der Waals surface area contributed by atoms with Gasteiger partial charge in [-0.15, -0.1) is 0 Å². The normalized spacial score (nSPS) is 13.9. The van der Waals surface area contributed by atoms with Gasteiger partial charge in [0.05, 0.1) is 26.4 Å². The van der Waals surface area contributed by atoms with Crippen molar-refractivity contribution in [1.82, 2.24) is 0 Å². The molecule has 570 valence electrons. The number of hydrogen-bond acceptors (Lipinski definition) is 15.